The van der Waals surface area contributed by atoms with Gasteiger partial charge in [0, 0.05) is 31.7 Å². The van der Waals surface area contributed by atoms with Crippen LogP contribution in [0.2, 0.25) is 0 Å². The lowest BCUT2D eigenvalue weighted by Crippen LogP contribution is -2.49. The third kappa shape index (κ3) is 4.77. The van der Waals surface area contributed by atoms with E-state index in [2.05, 4.69) is 15.5 Å². The molecule has 1 aromatic carbocycles. The summed E-state index contributed by atoms with van der Waals surface area (Å²) in [5, 5.41) is 7.23. The first-order valence-corrected chi connectivity index (χ1v) is 7.77. The average Bonchev–Trinajstić information content (AvgIpc) is 3.04. The minimum atomic E-state index is 0. The van der Waals surface area contributed by atoms with Crippen molar-refractivity contribution in [3.8, 4) is 11.5 Å². The van der Waals surface area contributed by atoms with Crippen molar-refractivity contribution in [3.05, 3.63) is 36.2 Å². The zero-order valence-corrected chi connectivity index (χ0v) is 14.5. The molecule has 1 aliphatic rings. The highest BCUT2D eigenvalue weighted by Gasteiger charge is 2.18. The second kappa shape index (κ2) is 8.77. The van der Waals surface area contributed by atoms with Gasteiger partial charge in [0.15, 0.2) is 5.82 Å². The molecule has 1 amide bonds. The SMILES string of the molecule is CN(CC(=O)N1CCNCC1)Cc1noc(-c2ccccc2)n1.Cl. The van der Waals surface area contributed by atoms with Gasteiger partial charge in [-0.25, -0.2) is 0 Å². The molecule has 2 heterocycles. The van der Waals surface area contributed by atoms with Crippen molar-refractivity contribution in [1.82, 2.24) is 25.3 Å². The van der Waals surface area contributed by atoms with E-state index in [-0.39, 0.29) is 18.3 Å². The first-order valence-electron chi connectivity index (χ1n) is 7.77. The molecule has 1 saturated heterocycles. The molecule has 2 aromatic rings. The molecule has 24 heavy (non-hydrogen) atoms. The zero-order valence-electron chi connectivity index (χ0n) is 13.6. The average molecular weight is 352 g/mol. The fourth-order valence-electron chi connectivity index (χ4n) is 2.56. The van der Waals surface area contributed by atoms with Gasteiger partial charge in [0.05, 0.1) is 13.1 Å². The van der Waals surface area contributed by atoms with Crippen LogP contribution in [-0.4, -0.2) is 65.6 Å². The third-order valence-corrected chi connectivity index (χ3v) is 3.78. The standard InChI is InChI=1S/C16H21N5O2.ClH/c1-20(12-15(22)21-9-7-17-8-10-21)11-14-18-16(23-19-14)13-5-3-2-4-6-13;/h2-6,17H,7-12H2,1H3;1H. The van der Waals surface area contributed by atoms with Gasteiger partial charge in [0.2, 0.25) is 5.91 Å². The molecular weight excluding hydrogens is 330 g/mol. The minimum absolute atomic E-state index is 0. The number of aromatic nitrogens is 2. The van der Waals surface area contributed by atoms with E-state index in [0.29, 0.717) is 24.8 Å². The van der Waals surface area contributed by atoms with Crippen molar-refractivity contribution in [2.45, 2.75) is 6.54 Å². The second-order valence-corrected chi connectivity index (χ2v) is 5.68. The molecule has 3 rings (SSSR count). The van der Waals surface area contributed by atoms with E-state index in [1.165, 1.54) is 0 Å². The van der Waals surface area contributed by atoms with Crippen molar-refractivity contribution in [3.63, 3.8) is 0 Å². The normalized spacial score (nSPS) is 14.5. The maximum Gasteiger partial charge on any atom is 0.257 e. The monoisotopic (exact) mass is 351 g/mol. The number of rotatable bonds is 5. The topological polar surface area (TPSA) is 74.5 Å². The lowest BCUT2D eigenvalue weighted by molar-refractivity contribution is -0.132. The van der Waals surface area contributed by atoms with Gasteiger partial charge < -0.3 is 14.7 Å². The van der Waals surface area contributed by atoms with Gasteiger partial charge in [0.1, 0.15) is 0 Å². The van der Waals surface area contributed by atoms with E-state index < -0.39 is 0 Å². The fraction of sp³-hybridized carbons (Fsp3) is 0.438. The molecule has 0 unspecified atom stereocenters. The molecular formula is C16H22ClN5O2. The van der Waals surface area contributed by atoms with Crippen LogP contribution in [-0.2, 0) is 11.3 Å². The summed E-state index contributed by atoms with van der Waals surface area (Å²) in [5.41, 5.74) is 0.894. The van der Waals surface area contributed by atoms with Gasteiger partial charge >= 0.3 is 0 Å². The largest absolute Gasteiger partial charge is 0.339 e. The van der Waals surface area contributed by atoms with Gasteiger partial charge in [-0.3, -0.25) is 9.69 Å². The summed E-state index contributed by atoms with van der Waals surface area (Å²) in [5.74, 6) is 1.22. The number of halogens is 1. The van der Waals surface area contributed by atoms with E-state index in [1.54, 1.807) is 0 Å². The highest BCUT2D eigenvalue weighted by atomic mass is 35.5. The number of benzene rings is 1. The lowest BCUT2D eigenvalue weighted by Gasteiger charge is -2.28. The number of carbonyl (C=O) groups is 1. The van der Waals surface area contributed by atoms with Gasteiger partial charge in [0.25, 0.3) is 5.89 Å². The smallest absolute Gasteiger partial charge is 0.257 e. The van der Waals surface area contributed by atoms with E-state index >= 15 is 0 Å². The summed E-state index contributed by atoms with van der Waals surface area (Å²) in [6.07, 6.45) is 0. The van der Waals surface area contributed by atoms with Crippen LogP contribution in [0.3, 0.4) is 0 Å². The summed E-state index contributed by atoms with van der Waals surface area (Å²) < 4.78 is 5.28. The van der Waals surface area contributed by atoms with Crippen LogP contribution < -0.4 is 5.32 Å². The number of nitrogens with zero attached hydrogens (tertiary/aromatic N) is 4. The summed E-state index contributed by atoms with van der Waals surface area (Å²) in [4.78, 5) is 20.4. The Labute approximate surface area is 147 Å². The van der Waals surface area contributed by atoms with E-state index in [0.717, 1.165) is 31.7 Å². The number of hydrogen-bond acceptors (Lipinski definition) is 6. The molecule has 8 heteroatoms. The van der Waals surface area contributed by atoms with Crippen molar-refractivity contribution < 1.29 is 9.32 Å². The Morgan fingerprint density at radius 1 is 1.29 bits per heavy atom. The fourth-order valence-corrected chi connectivity index (χ4v) is 2.56. The Bertz CT molecular complexity index is 643. The van der Waals surface area contributed by atoms with E-state index in [4.69, 9.17) is 4.52 Å². The molecule has 1 aliphatic heterocycles. The predicted molar refractivity (Wildman–Crippen MR) is 92.8 cm³/mol. The number of amides is 1. The quantitative estimate of drug-likeness (QED) is 0.867. The molecule has 130 valence electrons. The summed E-state index contributed by atoms with van der Waals surface area (Å²) in [7, 11) is 1.89. The molecule has 1 N–H and O–H groups in total. The number of carbonyl (C=O) groups excluding carboxylic acids is 1. The van der Waals surface area contributed by atoms with Crippen LogP contribution in [0, 0.1) is 0 Å². The Morgan fingerprint density at radius 3 is 2.71 bits per heavy atom. The molecule has 0 radical (unpaired) electrons. The molecule has 0 aliphatic carbocycles. The highest BCUT2D eigenvalue weighted by Crippen LogP contribution is 2.16. The number of likely N-dealkylation sites (N-methyl/N-ethyl adjacent to an activating group) is 1. The molecule has 0 spiro atoms. The zero-order chi connectivity index (χ0) is 16.1. The molecule has 0 atom stereocenters. The molecule has 1 fully saturated rings. The van der Waals surface area contributed by atoms with Crippen LogP contribution >= 0.6 is 12.4 Å². The van der Waals surface area contributed by atoms with Crippen molar-refractivity contribution >= 4 is 18.3 Å². The van der Waals surface area contributed by atoms with Crippen LogP contribution in [0.4, 0.5) is 0 Å². The van der Waals surface area contributed by atoms with Gasteiger partial charge in [-0.15, -0.1) is 12.4 Å². The number of piperazine rings is 1. The third-order valence-electron chi connectivity index (χ3n) is 3.78. The van der Waals surface area contributed by atoms with Gasteiger partial charge in [-0.1, -0.05) is 23.4 Å². The van der Waals surface area contributed by atoms with Crippen LogP contribution in [0.15, 0.2) is 34.9 Å². The molecule has 1 aromatic heterocycles. The Morgan fingerprint density at radius 2 is 2.00 bits per heavy atom. The van der Waals surface area contributed by atoms with Gasteiger partial charge in [-0.05, 0) is 19.2 Å². The second-order valence-electron chi connectivity index (χ2n) is 5.68. The minimum Gasteiger partial charge on any atom is -0.339 e. The molecule has 0 saturated carbocycles. The van der Waals surface area contributed by atoms with Crippen molar-refractivity contribution in [2.75, 3.05) is 39.8 Å². The lowest BCUT2D eigenvalue weighted by atomic mass is 10.2. The highest BCUT2D eigenvalue weighted by molar-refractivity contribution is 5.85. The van der Waals surface area contributed by atoms with E-state index in [1.807, 2.05) is 47.2 Å². The summed E-state index contributed by atoms with van der Waals surface area (Å²) in [6.45, 7) is 4.10. The maximum atomic E-state index is 12.2. The van der Waals surface area contributed by atoms with Crippen molar-refractivity contribution in [1.29, 1.82) is 0 Å². The maximum absolute atomic E-state index is 12.2. The van der Waals surface area contributed by atoms with Crippen LogP contribution in [0.1, 0.15) is 5.82 Å². The first-order chi connectivity index (χ1) is 11.2. The summed E-state index contributed by atoms with van der Waals surface area (Å²) >= 11 is 0. The molecule has 7 nitrogen and oxygen atoms in total. The Hall–Kier alpha value is -1.96. The number of hydrogen-bond donors (Lipinski definition) is 1. The molecule has 0 bridgehead atoms. The van der Waals surface area contributed by atoms with Crippen LogP contribution in [0.25, 0.3) is 11.5 Å². The number of nitrogens with one attached hydrogen (secondary N) is 1. The van der Waals surface area contributed by atoms with Crippen LogP contribution in [0.5, 0.6) is 0 Å². The first kappa shape index (κ1) is 18.4. The van der Waals surface area contributed by atoms with Crippen molar-refractivity contribution in [2.24, 2.45) is 0 Å². The van der Waals surface area contributed by atoms with E-state index in [9.17, 15) is 4.79 Å². The Kier molecular flexibility index (Phi) is 6.72. The summed E-state index contributed by atoms with van der Waals surface area (Å²) in [6, 6.07) is 9.65. The van der Waals surface area contributed by atoms with Gasteiger partial charge in [-0.2, -0.15) is 4.98 Å². The Balaban J connectivity index is 0.00000208. The predicted octanol–water partition coefficient (Wildman–Crippen LogP) is 1.02.